The van der Waals surface area contributed by atoms with Crippen molar-refractivity contribution in [2.45, 2.75) is 270 Å². The fourth-order valence-electron chi connectivity index (χ4n) is 7.41. The summed E-state index contributed by atoms with van der Waals surface area (Å²) < 4.78 is 32.9. The molecule has 0 heterocycles. The van der Waals surface area contributed by atoms with Crippen LogP contribution in [0.1, 0.15) is 258 Å². The van der Waals surface area contributed by atoms with Crippen LogP contribution in [-0.2, 0) is 32.7 Å². The summed E-state index contributed by atoms with van der Waals surface area (Å²) in [6, 6.07) is 0. The number of unbranched alkanes of at least 4 members (excludes halogenated alkanes) is 34. The Hall–Kier alpha value is -1.03. The van der Waals surface area contributed by atoms with E-state index in [1.807, 2.05) is 0 Å². The monoisotopic (exact) mass is 863 g/mol. The summed E-state index contributed by atoms with van der Waals surface area (Å²) in [6.45, 7) is 2.45. The molecule has 0 aromatic heterocycles. The predicted octanol–water partition coefficient (Wildman–Crippen LogP) is 13.8. The maximum Gasteiger partial charge on any atom is 0.472 e. The lowest BCUT2D eigenvalue weighted by Crippen LogP contribution is -2.29. The van der Waals surface area contributed by atoms with E-state index in [-0.39, 0.29) is 19.4 Å². The molecule has 0 amide bonds. The number of hydrogen-bond donors (Lipinski definition) is 3. The van der Waals surface area contributed by atoms with Crippen molar-refractivity contribution in [3.05, 3.63) is 0 Å². The van der Waals surface area contributed by atoms with Crippen LogP contribution in [0.4, 0.5) is 0 Å². The van der Waals surface area contributed by atoms with Crippen molar-refractivity contribution in [3.63, 3.8) is 0 Å². The summed E-state index contributed by atoms with van der Waals surface area (Å²) in [5.41, 5.74) is 0. The molecule has 0 saturated heterocycles. The molecule has 59 heavy (non-hydrogen) atoms. The molecule has 0 aliphatic rings. The fraction of sp³-hybridized carbons (Fsp3) is 0.958. The van der Waals surface area contributed by atoms with Crippen LogP contribution in [0, 0.1) is 0 Å². The predicted molar refractivity (Wildman–Crippen MR) is 242 cm³/mol. The highest BCUT2D eigenvalue weighted by atomic mass is 31.2. The first kappa shape index (κ1) is 58.0. The molecule has 0 rings (SSSR count). The molecule has 0 radical (unpaired) electrons. The van der Waals surface area contributed by atoms with Crippen LogP contribution in [0.25, 0.3) is 0 Å². The smallest absolute Gasteiger partial charge is 0.462 e. The molecule has 11 heteroatoms. The van der Waals surface area contributed by atoms with Gasteiger partial charge in [0.05, 0.1) is 19.8 Å². The zero-order valence-corrected chi connectivity index (χ0v) is 39.4. The summed E-state index contributed by atoms with van der Waals surface area (Å²) in [6.07, 6.45) is 43.5. The van der Waals surface area contributed by atoms with Crippen molar-refractivity contribution in [1.82, 2.24) is 0 Å². The van der Waals surface area contributed by atoms with E-state index >= 15 is 0 Å². The summed E-state index contributed by atoms with van der Waals surface area (Å²) in [5.74, 6) is -0.903. The van der Waals surface area contributed by atoms with Gasteiger partial charge in [-0.2, -0.15) is 0 Å². The van der Waals surface area contributed by atoms with Gasteiger partial charge in [0.25, 0.3) is 0 Å². The van der Waals surface area contributed by atoms with E-state index in [1.54, 1.807) is 0 Å². The second-order valence-corrected chi connectivity index (χ2v) is 18.7. The minimum absolute atomic E-state index is 0.193. The Morgan fingerprint density at radius 3 is 1.05 bits per heavy atom. The van der Waals surface area contributed by atoms with Crippen molar-refractivity contribution >= 4 is 19.8 Å². The van der Waals surface area contributed by atoms with Crippen LogP contribution in [0.15, 0.2) is 0 Å². The van der Waals surface area contributed by atoms with Gasteiger partial charge in [-0.15, -0.1) is 0 Å². The molecule has 0 spiro atoms. The fourth-order valence-corrected chi connectivity index (χ4v) is 8.20. The SMILES string of the molecule is CCCCCCCCCCCCCCCCCCCCCCC(=O)OC(COC(=O)CCCCCCCCCCCCCCCCCC)COP(=O)(O)OCC(O)CO. The van der Waals surface area contributed by atoms with E-state index in [4.69, 9.17) is 23.6 Å². The van der Waals surface area contributed by atoms with Crippen LogP contribution in [-0.4, -0.2) is 65.7 Å². The van der Waals surface area contributed by atoms with Gasteiger partial charge in [0.2, 0.25) is 0 Å². The lowest BCUT2D eigenvalue weighted by Gasteiger charge is -2.20. The maximum atomic E-state index is 12.7. The number of aliphatic hydroxyl groups excluding tert-OH is 2. The van der Waals surface area contributed by atoms with Gasteiger partial charge in [0.15, 0.2) is 6.10 Å². The Bertz CT molecular complexity index is 951. The van der Waals surface area contributed by atoms with Gasteiger partial charge in [0, 0.05) is 12.8 Å². The second kappa shape index (κ2) is 45.0. The Balaban J connectivity index is 4.14. The molecule has 3 unspecified atom stereocenters. The average molecular weight is 863 g/mol. The molecule has 3 N–H and O–H groups in total. The first-order valence-electron chi connectivity index (χ1n) is 25.0. The number of ether oxygens (including phenoxy) is 2. The molecule has 352 valence electrons. The third-order valence-corrected chi connectivity index (χ3v) is 12.2. The number of aliphatic hydroxyl groups is 2. The molecule has 0 aromatic carbocycles. The number of carbonyl (C=O) groups is 2. The van der Waals surface area contributed by atoms with Gasteiger partial charge in [-0.1, -0.05) is 232 Å². The van der Waals surface area contributed by atoms with Crippen molar-refractivity contribution in [3.8, 4) is 0 Å². The Morgan fingerprint density at radius 2 is 0.729 bits per heavy atom. The minimum Gasteiger partial charge on any atom is -0.462 e. The summed E-state index contributed by atoms with van der Waals surface area (Å²) in [4.78, 5) is 35.1. The number of phosphoric ester groups is 1. The Kier molecular flexibility index (Phi) is 44.2. The summed E-state index contributed by atoms with van der Waals surface area (Å²) in [5, 5.41) is 18.4. The molecule has 3 atom stereocenters. The molecule has 0 aliphatic carbocycles. The van der Waals surface area contributed by atoms with Gasteiger partial charge >= 0.3 is 19.8 Å². The van der Waals surface area contributed by atoms with Crippen molar-refractivity contribution in [2.75, 3.05) is 26.4 Å². The van der Waals surface area contributed by atoms with E-state index in [1.165, 1.54) is 186 Å². The van der Waals surface area contributed by atoms with Crippen molar-refractivity contribution < 1.29 is 47.8 Å². The van der Waals surface area contributed by atoms with E-state index in [2.05, 4.69) is 13.8 Å². The number of rotatable bonds is 48. The normalized spacial score (nSPS) is 13.6. The van der Waals surface area contributed by atoms with Crippen molar-refractivity contribution in [1.29, 1.82) is 0 Å². The Labute approximate surface area is 363 Å². The zero-order chi connectivity index (χ0) is 43.3. The highest BCUT2D eigenvalue weighted by molar-refractivity contribution is 7.47. The largest absolute Gasteiger partial charge is 0.472 e. The van der Waals surface area contributed by atoms with Crippen LogP contribution in [0.3, 0.4) is 0 Å². The lowest BCUT2D eigenvalue weighted by atomic mass is 10.0. The van der Waals surface area contributed by atoms with Gasteiger partial charge in [-0.05, 0) is 12.8 Å². The Morgan fingerprint density at radius 1 is 0.441 bits per heavy atom. The molecular formula is C48H95O10P. The number of phosphoric acid groups is 1. The van der Waals surface area contributed by atoms with E-state index < -0.39 is 51.8 Å². The van der Waals surface area contributed by atoms with Crippen molar-refractivity contribution in [2.24, 2.45) is 0 Å². The molecule has 10 nitrogen and oxygen atoms in total. The molecule has 0 saturated carbocycles. The first-order chi connectivity index (χ1) is 28.7. The number of carbonyl (C=O) groups excluding carboxylic acids is 2. The van der Waals surface area contributed by atoms with Crippen LogP contribution < -0.4 is 0 Å². The lowest BCUT2D eigenvalue weighted by molar-refractivity contribution is -0.161. The second-order valence-electron chi connectivity index (χ2n) is 17.2. The number of hydrogen-bond acceptors (Lipinski definition) is 9. The first-order valence-corrected chi connectivity index (χ1v) is 26.5. The quantitative estimate of drug-likeness (QED) is 0.0306. The molecule has 0 fully saturated rings. The minimum atomic E-state index is -4.61. The molecule has 0 bridgehead atoms. The van der Waals surface area contributed by atoms with Crippen LogP contribution >= 0.6 is 7.82 Å². The van der Waals surface area contributed by atoms with Gasteiger partial charge in [0.1, 0.15) is 12.7 Å². The molecular weight excluding hydrogens is 767 g/mol. The highest BCUT2D eigenvalue weighted by Crippen LogP contribution is 2.43. The summed E-state index contributed by atoms with van der Waals surface area (Å²) >= 11 is 0. The standard InChI is InChI=1S/C48H95O10P/c1-3-5-7-9-11-13-15-17-19-21-22-23-24-26-28-30-32-34-36-38-40-48(52)58-46(44-57-59(53,54)56-42-45(50)41-49)43-55-47(51)39-37-35-33-31-29-27-25-20-18-16-14-12-10-8-6-4-2/h45-46,49-50H,3-44H2,1-2H3,(H,53,54). The maximum absolute atomic E-state index is 12.7. The number of esters is 2. The average Bonchev–Trinajstić information content (AvgIpc) is 3.22. The van der Waals surface area contributed by atoms with E-state index in [9.17, 15) is 24.2 Å². The van der Waals surface area contributed by atoms with Crippen LogP contribution in [0.2, 0.25) is 0 Å². The third-order valence-electron chi connectivity index (χ3n) is 11.3. The van der Waals surface area contributed by atoms with Gasteiger partial charge in [-0.25, -0.2) is 4.57 Å². The topological polar surface area (TPSA) is 149 Å². The van der Waals surface area contributed by atoms with E-state index in [0.29, 0.717) is 12.8 Å². The third kappa shape index (κ3) is 44.8. The summed E-state index contributed by atoms with van der Waals surface area (Å²) in [7, 11) is -4.61. The van der Waals surface area contributed by atoms with Crippen LogP contribution in [0.5, 0.6) is 0 Å². The van der Waals surface area contributed by atoms with Gasteiger partial charge < -0.3 is 24.6 Å². The highest BCUT2D eigenvalue weighted by Gasteiger charge is 2.27. The molecule has 0 aliphatic heterocycles. The molecule has 0 aromatic rings. The van der Waals surface area contributed by atoms with E-state index in [0.717, 1.165) is 32.1 Å². The van der Waals surface area contributed by atoms with Gasteiger partial charge in [-0.3, -0.25) is 18.6 Å². The zero-order valence-electron chi connectivity index (χ0n) is 38.5.